The Hall–Kier alpha value is -3.11. The third kappa shape index (κ3) is 3.69. The maximum absolute atomic E-state index is 13.1. The van der Waals surface area contributed by atoms with Crippen molar-refractivity contribution in [2.24, 2.45) is 5.41 Å². The summed E-state index contributed by atoms with van der Waals surface area (Å²) in [7, 11) is 0. The normalized spacial score (nSPS) is 21.8. The van der Waals surface area contributed by atoms with Crippen LogP contribution in [-0.2, 0) is 14.3 Å². The van der Waals surface area contributed by atoms with Crippen molar-refractivity contribution in [3.63, 3.8) is 0 Å². The predicted octanol–water partition coefficient (Wildman–Crippen LogP) is 0.759. The maximum atomic E-state index is 13.1. The van der Waals surface area contributed by atoms with Gasteiger partial charge in [0.15, 0.2) is 0 Å². The van der Waals surface area contributed by atoms with E-state index in [-0.39, 0.29) is 23.9 Å². The fourth-order valence-corrected chi connectivity index (χ4v) is 5.04. The number of carbonyl (C=O) groups is 2. The van der Waals surface area contributed by atoms with E-state index in [9.17, 15) is 14.7 Å². The molecule has 32 heavy (non-hydrogen) atoms. The maximum Gasteiger partial charge on any atom is 0.333 e. The summed E-state index contributed by atoms with van der Waals surface area (Å²) in [5.74, 6) is -0.268. The molecule has 1 aromatic heterocycles. The number of esters is 1. The molecule has 3 aliphatic heterocycles. The first-order valence-electron chi connectivity index (χ1n) is 10.9. The van der Waals surface area contributed by atoms with Gasteiger partial charge in [0.2, 0.25) is 5.91 Å². The van der Waals surface area contributed by atoms with Gasteiger partial charge in [0.25, 0.3) is 0 Å². The van der Waals surface area contributed by atoms with Gasteiger partial charge in [-0.25, -0.2) is 9.48 Å². The van der Waals surface area contributed by atoms with Crippen molar-refractivity contribution in [3.8, 4) is 5.69 Å². The fraction of sp³-hybridized carbons (Fsp3) is 0.500. The largest absolute Gasteiger partial charge is 0.456 e. The molecule has 5 rings (SSSR count). The lowest BCUT2D eigenvalue weighted by atomic mass is 9.77. The number of benzene rings is 1. The van der Waals surface area contributed by atoms with E-state index in [0.29, 0.717) is 18.8 Å². The number of aliphatic hydroxyl groups is 1. The molecule has 168 valence electrons. The lowest BCUT2D eigenvalue weighted by Gasteiger charge is -2.38. The molecule has 0 bridgehead atoms. The van der Waals surface area contributed by atoms with Crippen molar-refractivity contribution < 1.29 is 19.4 Å². The van der Waals surface area contributed by atoms with E-state index in [2.05, 4.69) is 20.4 Å². The summed E-state index contributed by atoms with van der Waals surface area (Å²) < 4.78 is 6.55. The van der Waals surface area contributed by atoms with Crippen LogP contribution >= 0.6 is 0 Å². The molecule has 1 amide bonds. The molecule has 10 nitrogen and oxygen atoms in total. The Labute approximate surface area is 185 Å². The van der Waals surface area contributed by atoms with Gasteiger partial charge in [0, 0.05) is 19.2 Å². The Bertz CT molecular complexity index is 1060. The molecule has 2 aromatic rings. The van der Waals surface area contributed by atoms with Gasteiger partial charge >= 0.3 is 5.97 Å². The zero-order valence-electron chi connectivity index (χ0n) is 18.0. The highest BCUT2D eigenvalue weighted by Gasteiger charge is 2.49. The van der Waals surface area contributed by atoms with Crippen LogP contribution in [0, 0.1) is 12.3 Å². The average molecular weight is 438 g/mol. The van der Waals surface area contributed by atoms with E-state index in [1.807, 2.05) is 25.1 Å². The Kier molecular flexibility index (Phi) is 5.26. The summed E-state index contributed by atoms with van der Waals surface area (Å²) in [4.78, 5) is 28.5. The average Bonchev–Trinajstić information content (AvgIpc) is 3.52. The van der Waals surface area contributed by atoms with Crippen molar-refractivity contribution in [1.82, 2.24) is 30.0 Å². The summed E-state index contributed by atoms with van der Waals surface area (Å²) in [6.07, 6.45) is 4.66. The second-order valence-corrected chi connectivity index (χ2v) is 8.84. The zero-order chi connectivity index (χ0) is 22.3. The molecule has 1 N–H and O–H groups in total. The van der Waals surface area contributed by atoms with Crippen LogP contribution in [0.4, 0.5) is 0 Å². The van der Waals surface area contributed by atoms with Gasteiger partial charge in [0.1, 0.15) is 12.9 Å². The molecule has 1 atom stereocenters. The summed E-state index contributed by atoms with van der Waals surface area (Å²) in [5.41, 5.74) is 3.01. The van der Waals surface area contributed by atoms with Crippen LogP contribution in [0.3, 0.4) is 0 Å². The topological polar surface area (TPSA) is 114 Å². The highest BCUT2D eigenvalue weighted by Crippen LogP contribution is 2.43. The third-order valence-electron chi connectivity index (χ3n) is 6.98. The highest BCUT2D eigenvalue weighted by molar-refractivity contribution is 5.90. The fourth-order valence-electron chi connectivity index (χ4n) is 5.04. The summed E-state index contributed by atoms with van der Waals surface area (Å²) in [6.45, 7) is 4.82. The number of hydrogen-bond donors (Lipinski definition) is 1. The van der Waals surface area contributed by atoms with E-state index in [1.165, 1.54) is 12.4 Å². The SMILES string of the molecule is Cc1cc(-n2cnnn2)ccc1[C@H](O)CN1CCC2(CC1)CCN(C1=CC(=O)OC1)C2=O. The van der Waals surface area contributed by atoms with Crippen molar-refractivity contribution in [3.05, 3.63) is 47.4 Å². The van der Waals surface area contributed by atoms with Gasteiger partial charge in [-0.05, 0) is 73.0 Å². The van der Waals surface area contributed by atoms with Crippen LogP contribution in [0.15, 0.2) is 36.3 Å². The van der Waals surface area contributed by atoms with Crippen molar-refractivity contribution in [1.29, 1.82) is 0 Å². The molecule has 0 aliphatic carbocycles. The van der Waals surface area contributed by atoms with Crippen LogP contribution in [0.2, 0.25) is 0 Å². The van der Waals surface area contributed by atoms with Crippen LogP contribution in [0.1, 0.15) is 36.5 Å². The Balaban J connectivity index is 1.20. The molecule has 0 unspecified atom stereocenters. The van der Waals surface area contributed by atoms with E-state index in [4.69, 9.17) is 4.74 Å². The molecular weight excluding hydrogens is 412 g/mol. The number of hydrogen-bond acceptors (Lipinski definition) is 8. The minimum Gasteiger partial charge on any atom is -0.456 e. The number of ether oxygens (including phenoxy) is 1. The number of amides is 1. The first kappa shape index (κ1) is 20.8. The molecular formula is C22H26N6O4. The Morgan fingerprint density at radius 2 is 1.97 bits per heavy atom. The number of cyclic esters (lactones) is 1. The number of β-amino-alcohol motifs (C(OH)–C–C–N with tert-alkyl or cyclic N) is 1. The molecule has 1 aromatic carbocycles. The van der Waals surface area contributed by atoms with Crippen molar-refractivity contribution >= 4 is 11.9 Å². The number of aliphatic hydroxyl groups excluding tert-OH is 1. The number of likely N-dealkylation sites (tertiary alicyclic amines) is 2. The molecule has 2 saturated heterocycles. The van der Waals surface area contributed by atoms with E-state index in [1.54, 1.807) is 9.58 Å². The van der Waals surface area contributed by atoms with Gasteiger partial charge in [-0.3, -0.25) is 4.79 Å². The van der Waals surface area contributed by atoms with Gasteiger partial charge < -0.3 is 19.6 Å². The lowest BCUT2D eigenvalue weighted by Crippen LogP contribution is -2.45. The van der Waals surface area contributed by atoms with Crippen molar-refractivity contribution in [2.75, 3.05) is 32.8 Å². The lowest BCUT2D eigenvalue weighted by molar-refractivity contribution is -0.138. The Morgan fingerprint density at radius 1 is 1.19 bits per heavy atom. The molecule has 0 saturated carbocycles. The van der Waals surface area contributed by atoms with Gasteiger partial charge in [-0.2, -0.15) is 0 Å². The van der Waals surface area contributed by atoms with E-state index in [0.717, 1.165) is 49.2 Å². The number of rotatable bonds is 5. The number of carbonyl (C=O) groups excluding carboxylic acids is 2. The molecule has 1 spiro atoms. The van der Waals surface area contributed by atoms with E-state index < -0.39 is 6.10 Å². The first-order valence-corrected chi connectivity index (χ1v) is 10.9. The minimum atomic E-state index is -0.616. The van der Waals surface area contributed by atoms with Crippen LogP contribution in [0.25, 0.3) is 5.69 Å². The number of piperidine rings is 1. The smallest absolute Gasteiger partial charge is 0.333 e. The summed E-state index contributed by atoms with van der Waals surface area (Å²) in [5, 5.41) is 22.1. The molecule has 0 radical (unpaired) electrons. The van der Waals surface area contributed by atoms with Gasteiger partial charge in [0.05, 0.1) is 22.9 Å². The molecule has 3 aliphatic rings. The van der Waals surface area contributed by atoms with E-state index >= 15 is 0 Å². The second kappa shape index (κ2) is 8.10. The van der Waals surface area contributed by atoms with Crippen molar-refractivity contribution in [2.45, 2.75) is 32.3 Å². The molecule has 4 heterocycles. The predicted molar refractivity (Wildman–Crippen MR) is 112 cm³/mol. The number of tetrazole rings is 1. The molecule has 2 fully saturated rings. The highest BCUT2D eigenvalue weighted by atomic mass is 16.5. The van der Waals surface area contributed by atoms with Gasteiger partial charge in [-0.1, -0.05) is 6.07 Å². The zero-order valence-corrected chi connectivity index (χ0v) is 18.0. The monoisotopic (exact) mass is 438 g/mol. The second-order valence-electron chi connectivity index (χ2n) is 8.84. The number of aryl methyl sites for hydroxylation is 1. The number of aromatic nitrogens is 4. The van der Waals surface area contributed by atoms with Crippen LogP contribution in [0.5, 0.6) is 0 Å². The van der Waals surface area contributed by atoms with Crippen LogP contribution in [-0.4, -0.2) is 79.8 Å². The van der Waals surface area contributed by atoms with Crippen LogP contribution < -0.4 is 0 Å². The number of nitrogens with zero attached hydrogens (tertiary/aromatic N) is 6. The standard InChI is InChI=1S/C22H26N6O4/c1-15-10-16(28-14-23-24-25-28)2-3-18(15)19(29)12-26-7-4-22(5-8-26)6-9-27(21(22)31)17-11-20(30)32-13-17/h2-3,10-11,14,19,29H,4-9,12-13H2,1H3/t19-/m1/s1. The minimum absolute atomic E-state index is 0.108. The molecule has 10 heteroatoms. The van der Waals surface area contributed by atoms with Gasteiger partial charge in [-0.15, -0.1) is 5.10 Å². The third-order valence-corrected chi connectivity index (χ3v) is 6.98. The summed E-state index contributed by atoms with van der Waals surface area (Å²) >= 11 is 0. The summed E-state index contributed by atoms with van der Waals surface area (Å²) in [6, 6.07) is 5.77. The quantitative estimate of drug-likeness (QED) is 0.681. The first-order chi connectivity index (χ1) is 15.4. The Morgan fingerprint density at radius 3 is 2.62 bits per heavy atom.